The van der Waals surface area contributed by atoms with Crippen LogP contribution in [0.1, 0.15) is 23.1 Å². The number of methoxy groups -OCH3 is 1. The smallest absolute Gasteiger partial charge is 0.354 e. The topological polar surface area (TPSA) is 83.2 Å². The summed E-state index contributed by atoms with van der Waals surface area (Å²) in [6.07, 6.45) is 0. The van der Waals surface area contributed by atoms with E-state index in [0.717, 1.165) is 5.69 Å². The molecule has 0 saturated heterocycles. The van der Waals surface area contributed by atoms with E-state index in [1.807, 2.05) is 0 Å². The standard InChI is InChI=1S/C11H17N3O3/c1-7(10(15)12-2)13-6-8-4-5-9(14-8)11(16)17-3/h4-5,7,13-14H,6H2,1-3H3,(H,12,15). The maximum Gasteiger partial charge on any atom is 0.354 e. The number of rotatable bonds is 5. The number of aromatic nitrogens is 1. The Bertz CT molecular complexity index is 400. The summed E-state index contributed by atoms with van der Waals surface area (Å²) in [5, 5.41) is 5.57. The fraction of sp³-hybridized carbons (Fsp3) is 0.455. The molecule has 0 saturated carbocycles. The second kappa shape index (κ2) is 6.05. The third kappa shape index (κ3) is 3.60. The fourth-order valence-corrected chi connectivity index (χ4v) is 1.34. The first-order valence-electron chi connectivity index (χ1n) is 5.29. The summed E-state index contributed by atoms with van der Waals surface area (Å²) >= 11 is 0. The number of aromatic amines is 1. The van der Waals surface area contributed by atoms with Crippen molar-refractivity contribution < 1.29 is 14.3 Å². The second-order valence-electron chi connectivity index (χ2n) is 3.61. The van der Waals surface area contributed by atoms with Gasteiger partial charge in [0.05, 0.1) is 13.2 Å². The lowest BCUT2D eigenvalue weighted by Crippen LogP contribution is -2.40. The van der Waals surface area contributed by atoms with Crippen molar-refractivity contribution in [1.82, 2.24) is 15.6 Å². The molecular formula is C11H17N3O3. The minimum Gasteiger partial charge on any atom is -0.464 e. The van der Waals surface area contributed by atoms with Crippen LogP contribution in [0.2, 0.25) is 0 Å². The molecule has 17 heavy (non-hydrogen) atoms. The van der Waals surface area contributed by atoms with Crippen molar-refractivity contribution >= 4 is 11.9 Å². The van der Waals surface area contributed by atoms with Crippen molar-refractivity contribution in [1.29, 1.82) is 0 Å². The molecule has 0 aromatic carbocycles. The molecule has 1 amide bonds. The number of nitrogens with one attached hydrogen (secondary N) is 3. The molecule has 1 aromatic heterocycles. The highest BCUT2D eigenvalue weighted by Crippen LogP contribution is 2.03. The molecule has 1 unspecified atom stereocenters. The van der Waals surface area contributed by atoms with Gasteiger partial charge >= 0.3 is 5.97 Å². The van der Waals surface area contributed by atoms with Crippen LogP contribution in [-0.2, 0) is 16.1 Å². The van der Waals surface area contributed by atoms with Gasteiger partial charge < -0.3 is 20.4 Å². The first kappa shape index (κ1) is 13.2. The van der Waals surface area contributed by atoms with Gasteiger partial charge in [0.1, 0.15) is 5.69 Å². The van der Waals surface area contributed by atoms with Crippen molar-refractivity contribution in [3.63, 3.8) is 0 Å². The van der Waals surface area contributed by atoms with E-state index in [9.17, 15) is 9.59 Å². The van der Waals surface area contributed by atoms with Crippen LogP contribution in [0, 0.1) is 0 Å². The fourth-order valence-electron chi connectivity index (χ4n) is 1.34. The number of carbonyl (C=O) groups is 2. The first-order chi connectivity index (χ1) is 8.08. The predicted octanol–water partition coefficient (Wildman–Crippen LogP) is 0.0254. The molecule has 1 heterocycles. The number of hydrogen-bond donors (Lipinski definition) is 3. The van der Waals surface area contributed by atoms with Gasteiger partial charge in [0, 0.05) is 19.3 Å². The Morgan fingerprint density at radius 1 is 1.47 bits per heavy atom. The van der Waals surface area contributed by atoms with E-state index in [1.54, 1.807) is 26.1 Å². The highest BCUT2D eigenvalue weighted by Gasteiger charge is 2.11. The first-order valence-corrected chi connectivity index (χ1v) is 5.29. The minimum atomic E-state index is -0.407. The van der Waals surface area contributed by atoms with Crippen LogP contribution < -0.4 is 10.6 Å². The number of carbonyl (C=O) groups excluding carboxylic acids is 2. The molecule has 6 heteroatoms. The molecule has 0 aliphatic heterocycles. The van der Waals surface area contributed by atoms with Gasteiger partial charge in [-0.05, 0) is 19.1 Å². The molecule has 94 valence electrons. The van der Waals surface area contributed by atoms with Crippen LogP contribution in [-0.4, -0.2) is 37.1 Å². The minimum absolute atomic E-state index is 0.0789. The largest absolute Gasteiger partial charge is 0.464 e. The molecular weight excluding hydrogens is 222 g/mol. The lowest BCUT2D eigenvalue weighted by molar-refractivity contribution is -0.122. The third-order valence-corrected chi connectivity index (χ3v) is 2.39. The van der Waals surface area contributed by atoms with Crippen molar-refractivity contribution in [3.8, 4) is 0 Å². The van der Waals surface area contributed by atoms with Crippen molar-refractivity contribution in [3.05, 3.63) is 23.5 Å². The Hall–Kier alpha value is -1.82. The Kier molecular flexibility index (Phi) is 4.71. The van der Waals surface area contributed by atoms with Crippen molar-refractivity contribution in [2.24, 2.45) is 0 Å². The number of amides is 1. The Balaban J connectivity index is 2.50. The normalized spacial score (nSPS) is 11.9. The van der Waals surface area contributed by atoms with Crippen molar-refractivity contribution in [2.45, 2.75) is 19.5 Å². The van der Waals surface area contributed by atoms with Gasteiger partial charge in [0.25, 0.3) is 0 Å². The van der Waals surface area contributed by atoms with Crippen LogP contribution in [0.15, 0.2) is 12.1 Å². The quantitative estimate of drug-likeness (QED) is 0.633. The van der Waals surface area contributed by atoms with Gasteiger partial charge in [0.15, 0.2) is 0 Å². The number of esters is 1. The molecule has 0 bridgehead atoms. The van der Waals surface area contributed by atoms with Gasteiger partial charge in [0.2, 0.25) is 5.91 Å². The van der Waals surface area contributed by atoms with E-state index in [-0.39, 0.29) is 11.9 Å². The van der Waals surface area contributed by atoms with E-state index < -0.39 is 5.97 Å². The second-order valence-corrected chi connectivity index (χ2v) is 3.61. The summed E-state index contributed by atoms with van der Waals surface area (Å²) in [7, 11) is 2.92. The van der Waals surface area contributed by atoms with Gasteiger partial charge in [-0.25, -0.2) is 4.79 Å². The van der Waals surface area contributed by atoms with Gasteiger partial charge in [-0.3, -0.25) is 4.79 Å². The van der Waals surface area contributed by atoms with E-state index in [0.29, 0.717) is 12.2 Å². The average molecular weight is 239 g/mol. The summed E-state index contributed by atoms with van der Waals surface area (Å²) in [5.74, 6) is -0.486. The number of H-pyrrole nitrogens is 1. The molecule has 3 N–H and O–H groups in total. The molecule has 1 aromatic rings. The summed E-state index contributed by atoms with van der Waals surface area (Å²) in [4.78, 5) is 25.3. The summed E-state index contributed by atoms with van der Waals surface area (Å²) in [6.45, 7) is 2.24. The maximum absolute atomic E-state index is 11.2. The molecule has 0 aliphatic carbocycles. The zero-order valence-electron chi connectivity index (χ0n) is 10.2. The van der Waals surface area contributed by atoms with E-state index in [2.05, 4.69) is 20.4 Å². The summed E-state index contributed by atoms with van der Waals surface area (Å²) < 4.78 is 4.58. The lowest BCUT2D eigenvalue weighted by Gasteiger charge is -2.11. The van der Waals surface area contributed by atoms with E-state index in [1.165, 1.54) is 7.11 Å². The van der Waals surface area contributed by atoms with Crippen LogP contribution >= 0.6 is 0 Å². The molecule has 1 rings (SSSR count). The highest BCUT2D eigenvalue weighted by atomic mass is 16.5. The summed E-state index contributed by atoms with van der Waals surface area (Å²) in [6, 6.07) is 3.13. The van der Waals surface area contributed by atoms with Gasteiger partial charge in [-0.2, -0.15) is 0 Å². The maximum atomic E-state index is 11.2. The van der Waals surface area contributed by atoms with E-state index >= 15 is 0 Å². The predicted molar refractivity (Wildman–Crippen MR) is 62.5 cm³/mol. The van der Waals surface area contributed by atoms with Crippen LogP contribution in [0.25, 0.3) is 0 Å². The Morgan fingerprint density at radius 3 is 2.76 bits per heavy atom. The number of likely N-dealkylation sites (N-methyl/N-ethyl adjacent to an activating group) is 1. The van der Waals surface area contributed by atoms with Crippen LogP contribution in [0.3, 0.4) is 0 Å². The third-order valence-electron chi connectivity index (χ3n) is 2.39. The molecule has 0 spiro atoms. The van der Waals surface area contributed by atoms with Gasteiger partial charge in [-0.15, -0.1) is 0 Å². The Labute approximate surface area is 99.7 Å². The molecule has 6 nitrogen and oxygen atoms in total. The van der Waals surface area contributed by atoms with Crippen LogP contribution in [0.4, 0.5) is 0 Å². The molecule has 0 radical (unpaired) electrons. The zero-order chi connectivity index (χ0) is 12.8. The van der Waals surface area contributed by atoms with Crippen LogP contribution in [0.5, 0.6) is 0 Å². The van der Waals surface area contributed by atoms with E-state index in [4.69, 9.17) is 0 Å². The molecule has 0 aliphatic rings. The number of hydrogen-bond acceptors (Lipinski definition) is 4. The van der Waals surface area contributed by atoms with Crippen molar-refractivity contribution in [2.75, 3.05) is 14.2 Å². The average Bonchev–Trinajstić information content (AvgIpc) is 2.82. The lowest BCUT2D eigenvalue weighted by atomic mass is 10.3. The van der Waals surface area contributed by atoms with Gasteiger partial charge in [-0.1, -0.05) is 0 Å². The molecule has 0 fully saturated rings. The zero-order valence-corrected chi connectivity index (χ0v) is 10.2. The summed E-state index contributed by atoms with van der Waals surface area (Å²) in [5.41, 5.74) is 1.22. The monoisotopic (exact) mass is 239 g/mol. The highest BCUT2D eigenvalue weighted by molar-refractivity contribution is 5.87. The Morgan fingerprint density at radius 2 is 2.18 bits per heavy atom. The molecule has 1 atom stereocenters. The number of ether oxygens (including phenoxy) is 1. The SMILES string of the molecule is CNC(=O)C(C)NCc1ccc(C(=O)OC)[nH]1.